The molecule has 0 heterocycles. The molecule has 0 aromatic rings. The highest BCUT2D eigenvalue weighted by molar-refractivity contribution is 5.88. The molecule has 1 N–H and O–H groups in total. The van der Waals surface area contributed by atoms with Crippen molar-refractivity contribution in [2.75, 3.05) is 0 Å². The number of carbonyl (C=O) groups is 1. The van der Waals surface area contributed by atoms with Crippen LogP contribution in [0, 0.1) is 23.7 Å². The van der Waals surface area contributed by atoms with Gasteiger partial charge in [0.25, 0.3) is 0 Å². The standard InChI is InChI=1S/C15H23NO/c1-9(2)6-15(17)16-14-8-10-7-13(14)12-5-3-4-11(10)12/h6,10-14H,3-5,7-8H2,1-2H3,(H,16,17)/t10-,11+,12-,13+,14-/m1/s1. The van der Waals surface area contributed by atoms with Gasteiger partial charge in [-0.15, -0.1) is 0 Å². The van der Waals surface area contributed by atoms with Crippen LogP contribution < -0.4 is 5.32 Å². The average molecular weight is 233 g/mol. The Labute approximate surface area is 104 Å². The van der Waals surface area contributed by atoms with Gasteiger partial charge in [-0.3, -0.25) is 4.79 Å². The van der Waals surface area contributed by atoms with Gasteiger partial charge in [-0.2, -0.15) is 0 Å². The first-order valence-electron chi connectivity index (χ1n) is 7.10. The summed E-state index contributed by atoms with van der Waals surface area (Å²) in [4.78, 5) is 11.8. The summed E-state index contributed by atoms with van der Waals surface area (Å²) in [6, 6.07) is 0.474. The molecule has 0 saturated heterocycles. The first kappa shape index (κ1) is 11.3. The van der Waals surface area contributed by atoms with E-state index in [4.69, 9.17) is 0 Å². The SMILES string of the molecule is CC(C)=CC(=O)N[C@@H]1C[C@H]2C[C@H]1[C@@H]1CCC[C@@H]21. The molecule has 5 atom stereocenters. The van der Waals surface area contributed by atoms with Gasteiger partial charge in [-0.1, -0.05) is 12.0 Å². The van der Waals surface area contributed by atoms with Crippen LogP contribution in [0.4, 0.5) is 0 Å². The van der Waals surface area contributed by atoms with Crippen LogP contribution in [0.1, 0.15) is 46.0 Å². The number of fused-ring (bicyclic) bond motifs is 5. The van der Waals surface area contributed by atoms with Gasteiger partial charge in [0, 0.05) is 12.1 Å². The van der Waals surface area contributed by atoms with Crippen LogP contribution in [0.5, 0.6) is 0 Å². The van der Waals surface area contributed by atoms with Crippen molar-refractivity contribution in [2.24, 2.45) is 23.7 Å². The van der Waals surface area contributed by atoms with Crippen molar-refractivity contribution in [3.8, 4) is 0 Å². The normalized spacial score (nSPS) is 42.4. The Bertz CT molecular complexity index is 356. The largest absolute Gasteiger partial charge is 0.350 e. The smallest absolute Gasteiger partial charge is 0.244 e. The van der Waals surface area contributed by atoms with Crippen molar-refractivity contribution in [1.82, 2.24) is 5.32 Å². The molecule has 3 aliphatic carbocycles. The summed E-state index contributed by atoms with van der Waals surface area (Å²) in [5, 5.41) is 3.24. The third-order valence-corrected chi connectivity index (χ3v) is 5.18. The predicted octanol–water partition coefficient (Wildman–Crippen LogP) is 2.89. The van der Waals surface area contributed by atoms with E-state index in [1.807, 2.05) is 13.8 Å². The minimum absolute atomic E-state index is 0.122. The highest BCUT2D eigenvalue weighted by atomic mass is 16.1. The summed E-state index contributed by atoms with van der Waals surface area (Å²) >= 11 is 0. The molecule has 2 nitrogen and oxygen atoms in total. The maximum atomic E-state index is 11.8. The number of allylic oxidation sites excluding steroid dienone is 1. The van der Waals surface area contributed by atoms with Crippen molar-refractivity contribution >= 4 is 5.91 Å². The van der Waals surface area contributed by atoms with E-state index in [1.54, 1.807) is 6.08 Å². The van der Waals surface area contributed by atoms with Gasteiger partial charge >= 0.3 is 0 Å². The lowest BCUT2D eigenvalue weighted by Crippen LogP contribution is -2.41. The van der Waals surface area contributed by atoms with Crippen molar-refractivity contribution < 1.29 is 4.79 Å². The van der Waals surface area contributed by atoms with Crippen molar-refractivity contribution in [2.45, 2.75) is 52.0 Å². The quantitative estimate of drug-likeness (QED) is 0.730. The first-order valence-corrected chi connectivity index (χ1v) is 7.10. The third-order valence-electron chi connectivity index (χ3n) is 5.18. The van der Waals surface area contributed by atoms with E-state index in [9.17, 15) is 4.79 Å². The van der Waals surface area contributed by atoms with Gasteiger partial charge < -0.3 is 5.32 Å². The zero-order valence-electron chi connectivity index (χ0n) is 10.9. The summed E-state index contributed by atoms with van der Waals surface area (Å²) in [6.07, 6.45) is 8.67. The summed E-state index contributed by atoms with van der Waals surface area (Å²) in [6.45, 7) is 3.96. The zero-order chi connectivity index (χ0) is 12.0. The molecule has 3 rings (SSSR count). The number of carbonyl (C=O) groups excluding carboxylic acids is 1. The number of hydrogen-bond donors (Lipinski definition) is 1. The number of hydrogen-bond acceptors (Lipinski definition) is 1. The Morgan fingerprint density at radius 3 is 2.65 bits per heavy atom. The molecule has 3 aliphatic rings. The minimum Gasteiger partial charge on any atom is -0.350 e. The number of rotatable bonds is 2. The predicted molar refractivity (Wildman–Crippen MR) is 68.4 cm³/mol. The first-order chi connectivity index (χ1) is 8.15. The van der Waals surface area contributed by atoms with Crippen molar-refractivity contribution in [1.29, 1.82) is 0 Å². The molecule has 3 saturated carbocycles. The molecule has 0 radical (unpaired) electrons. The fourth-order valence-electron chi connectivity index (χ4n) is 4.72. The second kappa shape index (κ2) is 4.15. The molecule has 2 heteroatoms. The molecule has 0 aliphatic heterocycles. The molecular formula is C15H23NO. The Hall–Kier alpha value is -0.790. The van der Waals surface area contributed by atoms with Crippen LogP contribution in [0.3, 0.4) is 0 Å². The molecule has 0 aromatic carbocycles. The molecule has 3 fully saturated rings. The lowest BCUT2D eigenvalue weighted by Gasteiger charge is -2.31. The lowest BCUT2D eigenvalue weighted by atomic mass is 9.79. The van der Waals surface area contributed by atoms with E-state index < -0.39 is 0 Å². The van der Waals surface area contributed by atoms with Gasteiger partial charge in [0.1, 0.15) is 0 Å². The fraction of sp³-hybridized carbons (Fsp3) is 0.800. The minimum atomic E-state index is 0.122. The second-order valence-corrected chi connectivity index (χ2v) is 6.49. The number of amides is 1. The zero-order valence-corrected chi connectivity index (χ0v) is 10.9. The summed E-state index contributed by atoms with van der Waals surface area (Å²) < 4.78 is 0. The highest BCUT2D eigenvalue weighted by Crippen LogP contribution is 2.58. The third kappa shape index (κ3) is 1.92. The summed E-state index contributed by atoms with van der Waals surface area (Å²) in [5.74, 6) is 3.78. The maximum Gasteiger partial charge on any atom is 0.244 e. The molecule has 2 bridgehead atoms. The van der Waals surface area contributed by atoms with Gasteiger partial charge in [-0.25, -0.2) is 0 Å². The van der Waals surface area contributed by atoms with Gasteiger partial charge in [0.2, 0.25) is 5.91 Å². The summed E-state index contributed by atoms with van der Waals surface area (Å²) in [5.41, 5.74) is 1.09. The fourth-order valence-corrected chi connectivity index (χ4v) is 4.72. The van der Waals surface area contributed by atoms with E-state index in [0.717, 1.165) is 29.2 Å². The molecule has 0 spiro atoms. The monoisotopic (exact) mass is 233 g/mol. The van der Waals surface area contributed by atoms with E-state index in [2.05, 4.69) is 5.32 Å². The van der Waals surface area contributed by atoms with Crippen LogP contribution >= 0.6 is 0 Å². The Morgan fingerprint density at radius 1 is 1.12 bits per heavy atom. The Morgan fingerprint density at radius 2 is 1.88 bits per heavy atom. The van der Waals surface area contributed by atoms with E-state index in [-0.39, 0.29) is 5.91 Å². The average Bonchev–Trinajstić information content (AvgIpc) is 2.83. The maximum absolute atomic E-state index is 11.8. The van der Waals surface area contributed by atoms with Crippen LogP contribution in [0.15, 0.2) is 11.6 Å². The van der Waals surface area contributed by atoms with Crippen LogP contribution in [-0.2, 0) is 4.79 Å². The van der Waals surface area contributed by atoms with Gasteiger partial charge in [0.05, 0.1) is 0 Å². The second-order valence-electron chi connectivity index (χ2n) is 6.49. The summed E-state index contributed by atoms with van der Waals surface area (Å²) in [7, 11) is 0. The van der Waals surface area contributed by atoms with Crippen molar-refractivity contribution in [3.05, 3.63) is 11.6 Å². The molecule has 94 valence electrons. The molecule has 0 unspecified atom stereocenters. The van der Waals surface area contributed by atoms with Crippen LogP contribution in [0.25, 0.3) is 0 Å². The molecule has 1 amide bonds. The van der Waals surface area contributed by atoms with Crippen LogP contribution in [0.2, 0.25) is 0 Å². The Balaban J connectivity index is 1.64. The highest BCUT2D eigenvalue weighted by Gasteiger charge is 2.53. The number of nitrogens with one attached hydrogen (secondary N) is 1. The van der Waals surface area contributed by atoms with E-state index >= 15 is 0 Å². The molecule has 0 aromatic heterocycles. The van der Waals surface area contributed by atoms with Crippen molar-refractivity contribution in [3.63, 3.8) is 0 Å². The van der Waals surface area contributed by atoms with Gasteiger partial charge in [0.15, 0.2) is 0 Å². The van der Waals surface area contributed by atoms with Crippen LogP contribution in [-0.4, -0.2) is 11.9 Å². The van der Waals surface area contributed by atoms with E-state index in [1.165, 1.54) is 32.1 Å². The van der Waals surface area contributed by atoms with E-state index in [0.29, 0.717) is 6.04 Å². The molecular weight excluding hydrogens is 210 g/mol. The lowest BCUT2D eigenvalue weighted by molar-refractivity contribution is -0.117. The Kier molecular flexibility index (Phi) is 2.76. The van der Waals surface area contributed by atoms with Gasteiger partial charge in [-0.05, 0) is 63.2 Å². The topological polar surface area (TPSA) is 29.1 Å². The molecule has 17 heavy (non-hydrogen) atoms.